The van der Waals surface area contributed by atoms with Crippen LogP contribution in [-0.4, -0.2) is 0 Å². The third-order valence-corrected chi connectivity index (χ3v) is 14.3. The fourth-order valence-corrected chi connectivity index (χ4v) is 13.2. The predicted molar refractivity (Wildman–Crippen MR) is 178 cm³/mol. The standard InChI is InChI=1S/C38H34N4S2/c1-41-26(22-39)18-24-20-28-30(36(24)12-6-3-7-13-36)32-34(43-28)35-33(38(32)16-10-5-11-17-38)31-29(44-35)21-25(19-27(23-40)42-2)37(31)14-8-4-9-15-37/h18-21H,3-17H2/b26-18-,27-19+. The maximum Gasteiger partial charge on any atom is 0.262 e. The highest BCUT2D eigenvalue weighted by Gasteiger charge is 2.58. The third kappa shape index (κ3) is 3.57. The molecule has 4 nitrogen and oxygen atoms in total. The normalized spacial score (nSPS) is 23.5. The lowest BCUT2D eigenvalue weighted by Crippen LogP contribution is -2.37. The van der Waals surface area contributed by atoms with Gasteiger partial charge < -0.3 is 0 Å². The molecular formula is C38H34N4S2. The number of rotatable bonds is 2. The van der Waals surface area contributed by atoms with Crippen LogP contribution < -0.4 is 0 Å². The molecular weight excluding hydrogens is 577 g/mol. The zero-order valence-electron chi connectivity index (χ0n) is 25.0. The van der Waals surface area contributed by atoms with Crippen molar-refractivity contribution in [1.29, 1.82) is 10.5 Å². The Hall–Kier alpha value is -3.68. The second-order valence-corrected chi connectivity index (χ2v) is 15.8. The van der Waals surface area contributed by atoms with Crippen LogP contribution in [0.2, 0.25) is 0 Å². The molecule has 6 aliphatic carbocycles. The molecule has 0 aliphatic heterocycles. The number of thiophene rings is 2. The minimum absolute atomic E-state index is 0.00169. The molecule has 0 bridgehead atoms. The quantitative estimate of drug-likeness (QED) is 0.251. The Kier molecular flexibility index (Phi) is 6.44. The summed E-state index contributed by atoms with van der Waals surface area (Å²) < 4.78 is 0. The summed E-state index contributed by atoms with van der Waals surface area (Å²) in [5.41, 5.74) is 8.90. The van der Waals surface area contributed by atoms with Gasteiger partial charge in [-0.15, -0.1) is 22.7 Å². The topological polar surface area (TPSA) is 56.3 Å². The van der Waals surface area contributed by atoms with Gasteiger partial charge in [0.2, 0.25) is 0 Å². The summed E-state index contributed by atoms with van der Waals surface area (Å²) in [7, 11) is 0. The number of fused-ring (bicyclic) bond motifs is 11. The summed E-state index contributed by atoms with van der Waals surface area (Å²) in [5, 5.41) is 19.4. The molecule has 0 N–H and O–H groups in total. The van der Waals surface area contributed by atoms with Crippen molar-refractivity contribution in [3.05, 3.63) is 89.5 Å². The van der Waals surface area contributed by atoms with Gasteiger partial charge in [0.05, 0.1) is 25.3 Å². The lowest BCUT2D eigenvalue weighted by Gasteiger charge is -2.44. The van der Waals surface area contributed by atoms with Gasteiger partial charge in [-0.25, -0.2) is 20.2 Å². The van der Waals surface area contributed by atoms with Gasteiger partial charge in [0.1, 0.15) is 0 Å². The van der Waals surface area contributed by atoms with Gasteiger partial charge in [-0.2, -0.15) is 0 Å². The summed E-state index contributed by atoms with van der Waals surface area (Å²) in [5.74, 6) is 0. The molecule has 0 amide bonds. The molecule has 2 aromatic rings. The lowest BCUT2D eigenvalue weighted by atomic mass is 9.58. The van der Waals surface area contributed by atoms with Crippen LogP contribution in [0.15, 0.2) is 34.7 Å². The fraction of sp³-hybridized carbons (Fsp3) is 0.474. The maximum absolute atomic E-state index is 9.70. The van der Waals surface area contributed by atoms with E-state index in [9.17, 15) is 10.5 Å². The van der Waals surface area contributed by atoms with E-state index in [1.165, 1.54) is 101 Å². The van der Waals surface area contributed by atoms with E-state index in [-0.39, 0.29) is 27.6 Å². The van der Waals surface area contributed by atoms with E-state index in [2.05, 4.69) is 34.0 Å². The smallest absolute Gasteiger partial charge is 0.227 e. The van der Waals surface area contributed by atoms with Crippen molar-refractivity contribution >= 4 is 34.8 Å². The van der Waals surface area contributed by atoms with Crippen LogP contribution in [-0.2, 0) is 16.2 Å². The van der Waals surface area contributed by atoms with Crippen molar-refractivity contribution < 1.29 is 0 Å². The minimum Gasteiger partial charge on any atom is -0.227 e. The van der Waals surface area contributed by atoms with Crippen molar-refractivity contribution in [1.82, 2.24) is 0 Å². The highest BCUT2D eigenvalue weighted by molar-refractivity contribution is 7.23. The molecule has 2 heterocycles. The van der Waals surface area contributed by atoms with Gasteiger partial charge in [-0.1, -0.05) is 57.8 Å². The van der Waals surface area contributed by atoms with Crippen molar-refractivity contribution in [2.45, 2.75) is 113 Å². The molecule has 2 aromatic heterocycles. The highest BCUT2D eigenvalue weighted by Crippen LogP contribution is 2.71. The van der Waals surface area contributed by atoms with Gasteiger partial charge >= 0.3 is 0 Å². The second-order valence-electron chi connectivity index (χ2n) is 13.7. The van der Waals surface area contributed by atoms with Gasteiger partial charge in [0, 0.05) is 35.8 Å². The number of nitriles is 2. The van der Waals surface area contributed by atoms with Gasteiger partial charge in [-0.3, -0.25) is 0 Å². The largest absolute Gasteiger partial charge is 0.262 e. The van der Waals surface area contributed by atoms with Crippen LogP contribution in [0.3, 0.4) is 0 Å². The maximum atomic E-state index is 9.70. The Morgan fingerprint density at radius 1 is 0.591 bits per heavy atom. The van der Waals surface area contributed by atoms with Gasteiger partial charge in [0.15, 0.2) is 0 Å². The molecule has 6 aliphatic rings. The molecule has 0 aromatic carbocycles. The summed E-state index contributed by atoms with van der Waals surface area (Å²) in [6, 6.07) is 4.30. The fourth-order valence-electron chi connectivity index (χ4n) is 10.1. The molecule has 44 heavy (non-hydrogen) atoms. The third-order valence-electron chi connectivity index (χ3n) is 11.8. The molecule has 0 saturated heterocycles. The zero-order chi connectivity index (χ0) is 30.1. The number of allylic oxidation sites excluding steroid dienone is 6. The van der Waals surface area contributed by atoms with E-state index in [1.807, 2.05) is 34.8 Å². The van der Waals surface area contributed by atoms with E-state index in [4.69, 9.17) is 13.1 Å². The van der Waals surface area contributed by atoms with Crippen molar-refractivity contribution in [3.8, 4) is 21.9 Å². The van der Waals surface area contributed by atoms with E-state index >= 15 is 0 Å². The molecule has 218 valence electrons. The molecule has 3 saturated carbocycles. The first-order valence-corrected chi connectivity index (χ1v) is 18.0. The predicted octanol–water partition coefficient (Wildman–Crippen LogP) is 10.9. The van der Waals surface area contributed by atoms with Crippen molar-refractivity contribution in [2.24, 2.45) is 0 Å². The van der Waals surface area contributed by atoms with Crippen LogP contribution in [0.4, 0.5) is 0 Å². The first-order valence-electron chi connectivity index (χ1n) is 16.3. The van der Waals surface area contributed by atoms with Crippen LogP contribution >= 0.6 is 22.7 Å². The summed E-state index contributed by atoms with van der Waals surface area (Å²) >= 11 is 3.95. The van der Waals surface area contributed by atoms with Gasteiger partial charge in [0.25, 0.3) is 11.4 Å². The SMILES string of the molecule is [C-]#[N+]/C(C#N)=C\C1=Cc2sc3c(c2C12CCCCC2)C1(CCCCC1)c1c-3sc2c1C1(CCCCC1)C(/C=C(\C#N)[N+]#[C-])=C2. The molecule has 8 rings (SSSR count). The summed E-state index contributed by atoms with van der Waals surface area (Å²) in [6.45, 7) is 15.2. The van der Waals surface area contributed by atoms with E-state index in [0.29, 0.717) is 0 Å². The number of hydrogen-bond acceptors (Lipinski definition) is 4. The average Bonchev–Trinajstić information content (AvgIpc) is 3.82. The van der Waals surface area contributed by atoms with E-state index < -0.39 is 0 Å². The van der Waals surface area contributed by atoms with Crippen molar-refractivity contribution in [3.63, 3.8) is 0 Å². The summed E-state index contributed by atoms with van der Waals surface area (Å²) in [4.78, 5) is 12.9. The Morgan fingerprint density at radius 2 is 0.955 bits per heavy atom. The highest BCUT2D eigenvalue weighted by atomic mass is 32.1. The Balaban J connectivity index is 1.37. The van der Waals surface area contributed by atoms with E-state index in [0.717, 1.165) is 25.7 Å². The molecule has 0 unspecified atom stereocenters. The Labute approximate surface area is 268 Å². The minimum atomic E-state index is -0.0990. The van der Waals surface area contributed by atoms with Crippen LogP contribution in [0.5, 0.6) is 0 Å². The molecule has 3 fully saturated rings. The van der Waals surface area contributed by atoms with Crippen LogP contribution in [0.25, 0.3) is 31.6 Å². The Bertz CT molecular complexity index is 1730. The average molecular weight is 611 g/mol. The van der Waals surface area contributed by atoms with Crippen LogP contribution in [0.1, 0.15) is 128 Å². The molecule has 0 radical (unpaired) electrons. The first kappa shape index (κ1) is 27.8. The molecule has 6 heteroatoms. The number of nitrogens with zero attached hydrogens (tertiary/aromatic N) is 4. The second kappa shape index (κ2) is 10.2. The summed E-state index contributed by atoms with van der Waals surface area (Å²) in [6.07, 6.45) is 26.3. The zero-order valence-corrected chi connectivity index (χ0v) is 26.7. The van der Waals surface area contributed by atoms with Crippen molar-refractivity contribution in [2.75, 3.05) is 0 Å². The van der Waals surface area contributed by atoms with Crippen LogP contribution in [0, 0.1) is 35.8 Å². The monoisotopic (exact) mass is 610 g/mol. The van der Waals surface area contributed by atoms with E-state index in [1.54, 1.807) is 22.3 Å². The molecule has 3 spiro atoms. The first-order chi connectivity index (χ1) is 21.5. The Morgan fingerprint density at radius 3 is 1.30 bits per heavy atom. The van der Waals surface area contributed by atoms with Gasteiger partial charge in [-0.05, 0) is 96.2 Å². The molecule has 0 atom stereocenters. The number of hydrogen-bond donors (Lipinski definition) is 0. The lowest BCUT2D eigenvalue weighted by molar-refractivity contribution is 0.312.